The highest BCUT2D eigenvalue weighted by atomic mass is 35.5. The van der Waals surface area contributed by atoms with Crippen LogP contribution in [0.3, 0.4) is 0 Å². The second-order valence-corrected chi connectivity index (χ2v) is 5.01. The molecule has 0 aliphatic rings. The first-order valence-corrected chi connectivity index (χ1v) is 7.12. The number of hydrogen-bond acceptors (Lipinski definition) is 4. The molecule has 0 bridgehead atoms. The first-order valence-electron chi connectivity index (χ1n) is 6.74. The predicted octanol–water partition coefficient (Wildman–Crippen LogP) is 1.76. The van der Waals surface area contributed by atoms with Crippen LogP contribution in [0, 0.1) is 0 Å². The molecule has 1 heterocycles. The van der Waals surface area contributed by atoms with E-state index in [1.54, 1.807) is 36.4 Å². The fourth-order valence-electron chi connectivity index (χ4n) is 1.68. The van der Waals surface area contributed by atoms with Gasteiger partial charge in [-0.2, -0.15) is 0 Å². The number of hydrogen-bond donors (Lipinski definition) is 3. The zero-order chi connectivity index (χ0) is 16.7. The second kappa shape index (κ2) is 7.95. The van der Waals surface area contributed by atoms with Crippen LogP contribution in [0.5, 0.6) is 0 Å². The minimum absolute atomic E-state index is 0.165. The molecule has 0 radical (unpaired) electrons. The summed E-state index contributed by atoms with van der Waals surface area (Å²) in [6, 6.07) is 10.1. The van der Waals surface area contributed by atoms with Crippen molar-refractivity contribution in [3.63, 3.8) is 0 Å². The maximum absolute atomic E-state index is 11.8. The van der Waals surface area contributed by atoms with Crippen molar-refractivity contribution in [3.05, 3.63) is 71.5 Å². The molecule has 2 aromatic rings. The topological polar surface area (TPSA) is 83.1 Å². The zero-order valence-corrected chi connectivity index (χ0v) is 12.9. The molecule has 0 saturated heterocycles. The normalized spacial score (nSPS) is 9.78. The number of rotatable bonds is 6. The lowest BCUT2D eigenvalue weighted by Crippen LogP contribution is -2.42. The molecule has 0 fully saturated rings. The van der Waals surface area contributed by atoms with E-state index in [0.29, 0.717) is 16.3 Å². The van der Waals surface area contributed by atoms with Gasteiger partial charge in [0.05, 0.1) is 12.2 Å². The van der Waals surface area contributed by atoms with Crippen molar-refractivity contribution in [1.29, 1.82) is 0 Å². The third kappa shape index (κ3) is 5.12. The molecule has 1 aromatic carbocycles. The number of nitrogens with zero attached hydrogens (tertiary/aromatic N) is 1. The van der Waals surface area contributed by atoms with Crippen LogP contribution in [0.1, 0.15) is 15.9 Å². The van der Waals surface area contributed by atoms with E-state index in [1.807, 2.05) is 0 Å². The number of benzene rings is 1. The molecule has 2 amide bonds. The molecule has 118 valence electrons. The molecule has 0 unspecified atom stereocenters. The van der Waals surface area contributed by atoms with Crippen LogP contribution < -0.4 is 16.2 Å². The summed E-state index contributed by atoms with van der Waals surface area (Å²) in [7, 11) is 0. The van der Waals surface area contributed by atoms with Crippen molar-refractivity contribution in [3.8, 4) is 0 Å². The lowest BCUT2D eigenvalue weighted by atomic mass is 10.2. The smallest absolute Gasteiger partial charge is 0.257 e. The van der Waals surface area contributed by atoms with Crippen LogP contribution in [0.25, 0.3) is 5.70 Å². The Balaban J connectivity index is 1.76. The van der Waals surface area contributed by atoms with E-state index in [9.17, 15) is 9.59 Å². The summed E-state index contributed by atoms with van der Waals surface area (Å²) in [4.78, 5) is 27.3. The van der Waals surface area contributed by atoms with E-state index in [-0.39, 0.29) is 12.5 Å². The number of amides is 2. The molecule has 0 spiro atoms. The van der Waals surface area contributed by atoms with Crippen LogP contribution >= 0.6 is 11.6 Å². The van der Waals surface area contributed by atoms with Crippen LogP contribution in [0.2, 0.25) is 5.02 Å². The number of carbonyl (C=O) groups excluding carboxylic acids is 2. The lowest BCUT2D eigenvalue weighted by Gasteiger charge is -2.11. The largest absolute Gasteiger partial charge is 0.343 e. The fraction of sp³-hybridized carbons (Fsp3) is 0.0625. The maximum atomic E-state index is 11.8. The Labute approximate surface area is 138 Å². The second-order valence-electron chi connectivity index (χ2n) is 4.58. The van der Waals surface area contributed by atoms with Gasteiger partial charge in [-0.1, -0.05) is 30.3 Å². The van der Waals surface area contributed by atoms with Gasteiger partial charge in [-0.3, -0.25) is 25.4 Å². The lowest BCUT2D eigenvalue weighted by molar-refractivity contribution is -0.120. The van der Waals surface area contributed by atoms with Crippen molar-refractivity contribution in [2.45, 2.75) is 0 Å². The predicted molar refractivity (Wildman–Crippen MR) is 88.3 cm³/mol. The molecule has 0 saturated carbocycles. The summed E-state index contributed by atoms with van der Waals surface area (Å²) < 4.78 is 0. The minimum atomic E-state index is -0.400. The SMILES string of the molecule is C=C(NNC(=O)CNC(=O)c1ccncc1)c1ccc(Cl)cc1. The highest BCUT2D eigenvalue weighted by Gasteiger charge is 2.07. The molecule has 23 heavy (non-hydrogen) atoms. The summed E-state index contributed by atoms with van der Waals surface area (Å²) in [5.74, 6) is -0.749. The summed E-state index contributed by atoms with van der Waals surface area (Å²) in [6.45, 7) is 3.64. The van der Waals surface area contributed by atoms with Gasteiger partial charge in [0.15, 0.2) is 0 Å². The zero-order valence-electron chi connectivity index (χ0n) is 12.2. The molecule has 2 rings (SSSR count). The van der Waals surface area contributed by atoms with E-state index in [2.05, 4.69) is 27.7 Å². The molecule has 6 nitrogen and oxygen atoms in total. The summed E-state index contributed by atoms with van der Waals surface area (Å²) in [5.41, 5.74) is 6.87. The van der Waals surface area contributed by atoms with Gasteiger partial charge in [0.2, 0.25) is 0 Å². The fourth-order valence-corrected chi connectivity index (χ4v) is 1.80. The van der Waals surface area contributed by atoms with Crippen molar-refractivity contribution in [2.75, 3.05) is 6.54 Å². The Hall–Kier alpha value is -2.86. The molecule has 7 heteroatoms. The van der Waals surface area contributed by atoms with Gasteiger partial charge < -0.3 is 5.32 Å². The Morgan fingerprint density at radius 1 is 1.00 bits per heavy atom. The van der Waals surface area contributed by atoms with Crippen LogP contribution in [-0.4, -0.2) is 23.3 Å². The number of carbonyl (C=O) groups is 2. The van der Waals surface area contributed by atoms with Crippen molar-refractivity contribution in [2.24, 2.45) is 0 Å². The number of halogens is 1. The Morgan fingerprint density at radius 3 is 2.30 bits per heavy atom. The summed E-state index contributed by atoms with van der Waals surface area (Å²) in [6.07, 6.45) is 3.01. The van der Waals surface area contributed by atoms with Crippen molar-refractivity contribution in [1.82, 2.24) is 21.2 Å². The molecule has 3 N–H and O–H groups in total. The van der Waals surface area contributed by atoms with Gasteiger partial charge in [0.1, 0.15) is 0 Å². The van der Waals surface area contributed by atoms with E-state index in [0.717, 1.165) is 5.56 Å². The monoisotopic (exact) mass is 330 g/mol. The van der Waals surface area contributed by atoms with Crippen LogP contribution in [0.15, 0.2) is 55.4 Å². The molecule has 0 atom stereocenters. The minimum Gasteiger partial charge on any atom is -0.343 e. The van der Waals surface area contributed by atoms with Gasteiger partial charge in [0, 0.05) is 23.0 Å². The summed E-state index contributed by atoms with van der Waals surface area (Å²) >= 11 is 5.80. The van der Waals surface area contributed by atoms with E-state index in [1.165, 1.54) is 12.4 Å². The Bertz CT molecular complexity index is 702. The highest BCUT2D eigenvalue weighted by Crippen LogP contribution is 2.13. The van der Waals surface area contributed by atoms with Gasteiger partial charge >= 0.3 is 0 Å². The number of pyridine rings is 1. The molecule has 0 aliphatic carbocycles. The average Bonchev–Trinajstić information content (AvgIpc) is 2.59. The first-order chi connectivity index (χ1) is 11.1. The number of hydrazine groups is 1. The highest BCUT2D eigenvalue weighted by molar-refractivity contribution is 6.30. The molecule has 0 aliphatic heterocycles. The van der Waals surface area contributed by atoms with E-state index in [4.69, 9.17) is 11.6 Å². The molecular formula is C16H15ClN4O2. The number of nitrogens with one attached hydrogen (secondary N) is 3. The number of aromatic nitrogens is 1. The third-order valence-electron chi connectivity index (χ3n) is 2.90. The first kappa shape index (κ1) is 16.5. The van der Waals surface area contributed by atoms with Crippen LogP contribution in [-0.2, 0) is 4.79 Å². The standard InChI is InChI=1S/C16H15ClN4O2/c1-11(12-2-4-14(17)5-3-12)20-21-15(22)10-19-16(23)13-6-8-18-9-7-13/h2-9,20H,1,10H2,(H,19,23)(H,21,22). The van der Waals surface area contributed by atoms with Gasteiger partial charge in [-0.05, 0) is 29.8 Å². The van der Waals surface area contributed by atoms with Crippen molar-refractivity contribution < 1.29 is 9.59 Å². The Kier molecular flexibility index (Phi) is 5.71. The van der Waals surface area contributed by atoms with Gasteiger partial charge in [-0.15, -0.1) is 0 Å². The Morgan fingerprint density at radius 2 is 1.65 bits per heavy atom. The van der Waals surface area contributed by atoms with Gasteiger partial charge in [-0.25, -0.2) is 0 Å². The van der Waals surface area contributed by atoms with E-state index < -0.39 is 5.91 Å². The quantitative estimate of drug-likeness (QED) is 0.705. The summed E-state index contributed by atoms with van der Waals surface area (Å²) in [5, 5.41) is 3.12. The molecular weight excluding hydrogens is 316 g/mol. The molecule has 1 aromatic heterocycles. The third-order valence-corrected chi connectivity index (χ3v) is 3.15. The maximum Gasteiger partial charge on any atom is 0.257 e. The van der Waals surface area contributed by atoms with Crippen LogP contribution in [0.4, 0.5) is 0 Å². The van der Waals surface area contributed by atoms with Crippen molar-refractivity contribution >= 4 is 29.1 Å². The van der Waals surface area contributed by atoms with E-state index >= 15 is 0 Å². The van der Waals surface area contributed by atoms with Gasteiger partial charge in [0.25, 0.3) is 11.8 Å². The average molecular weight is 331 g/mol.